The highest BCUT2D eigenvalue weighted by atomic mass is 31.2. The lowest BCUT2D eigenvalue weighted by molar-refractivity contribution is -0.870. The quantitative estimate of drug-likeness (QED) is 0.0195. The van der Waals surface area contributed by atoms with Gasteiger partial charge in [-0.15, -0.1) is 0 Å². The Labute approximate surface area is 603 Å². The van der Waals surface area contributed by atoms with Gasteiger partial charge < -0.3 is 27.9 Å². The van der Waals surface area contributed by atoms with E-state index in [9.17, 15) is 19.0 Å². The SMILES string of the molecule is CC/C=C\C/C=C\C/C=C\C/C=C\C/C=C\C/C=C\C/C=C\C/C=C\C/C=C\C/C=C\CCCCCCC(=O)OC(COC(=O)CCCCCCCCCCCCCCCCCCCCCCCCC/C=C\C/C=C\C/C=C\C/C=C\C/C=C\CC)COP(=O)([O-])OCC[N+](C)(C)C. The van der Waals surface area contributed by atoms with Crippen molar-refractivity contribution in [3.05, 3.63) is 182 Å². The Hall–Kier alpha value is -4.89. The fourth-order valence-corrected chi connectivity index (χ4v) is 11.2. The van der Waals surface area contributed by atoms with Gasteiger partial charge in [-0.25, -0.2) is 0 Å². The first-order valence-electron chi connectivity index (χ1n) is 39.5. The number of rotatable bonds is 71. The average molecular weight is 1380 g/mol. The summed E-state index contributed by atoms with van der Waals surface area (Å²) < 4.78 is 34.4. The van der Waals surface area contributed by atoms with Gasteiger partial charge in [0.25, 0.3) is 7.82 Å². The molecule has 0 aliphatic rings. The van der Waals surface area contributed by atoms with E-state index >= 15 is 0 Å². The van der Waals surface area contributed by atoms with Crippen molar-refractivity contribution in [3.8, 4) is 0 Å². The minimum atomic E-state index is -4.66. The van der Waals surface area contributed by atoms with E-state index in [0.717, 1.165) is 141 Å². The molecular formula is C88H146NO8P. The Balaban J connectivity index is 4.06. The molecule has 2 atom stereocenters. The van der Waals surface area contributed by atoms with E-state index in [1.54, 1.807) is 0 Å². The van der Waals surface area contributed by atoms with Crippen LogP contribution in [0.25, 0.3) is 0 Å². The normalized spacial score (nSPS) is 14.1. The summed E-state index contributed by atoms with van der Waals surface area (Å²) in [5.74, 6) is -0.864. The minimum absolute atomic E-state index is 0.0437. The molecule has 2 unspecified atom stereocenters. The summed E-state index contributed by atoms with van der Waals surface area (Å²) >= 11 is 0. The Morgan fingerprint density at radius 1 is 0.316 bits per heavy atom. The van der Waals surface area contributed by atoms with Crippen LogP contribution in [0.15, 0.2) is 182 Å². The molecule has 9 nitrogen and oxygen atoms in total. The summed E-state index contributed by atoms with van der Waals surface area (Å²) in [6.45, 7) is 3.99. The molecular weight excluding hydrogens is 1230 g/mol. The number of allylic oxidation sites excluding steroid dienone is 30. The number of phosphoric acid groups is 1. The number of esters is 2. The fraction of sp³-hybridized carbons (Fsp3) is 0.636. The molecule has 0 aromatic heterocycles. The number of carbonyl (C=O) groups excluding carboxylic acids is 2. The van der Waals surface area contributed by atoms with Crippen molar-refractivity contribution in [2.75, 3.05) is 47.5 Å². The molecule has 0 N–H and O–H groups in total. The van der Waals surface area contributed by atoms with Crippen molar-refractivity contribution in [1.82, 2.24) is 0 Å². The van der Waals surface area contributed by atoms with Crippen LogP contribution in [-0.2, 0) is 32.7 Å². The summed E-state index contributed by atoms with van der Waals surface area (Å²) in [7, 11) is 1.13. The van der Waals surface area contributed by atoms with Crippen molar-refractivity contribution in [3.63, 3.8) is 0 Å². The van der Waals surface area contributed by atoms with Crippen LogP contribution in [0.1, 0.15) is 309 Å². The maximum Gasteiger partial charge on any atom is 0.306 e. The molecule has 0 heterocycles. The molecule has 98 heavy (non-hydrogen) atoms. The number of hydrogen-bond donors (Lipinski definition) is 0. The molecule has 0 amide bonds. The van der Waals surface area contributed by atoms with Crippen molar-refractivity contribution >= 4 is 19.8 Å². The molecule has 0 bridgehead atoms. The third kappa shape index (κ3) is 80.1. The molecule has 0 aliphatic carbocycles. The number of quaternary nitrogens is 1. The number of nitrogens with zero attached hydrogens (tertiary/aromatic N) is 1. The van der Waals surface area contributed by atoms with E-state index in [0.29, 0.717) is 17.4 Å². The van der Waals surface area contributed by atoms with E-state index in [1.165, 1.54) is 135 Å². The molecule has 10 heteroatoms. The standard InChI is InChI=1S/C88H146NO8P/c1-6-8-10-12-14-16-18-20-22-24-26-28-30-32-34-36-38-40-42-43-44-45-47-48-50-52-54-56-58-60-62-64-66-68-70-72-74-76-78-80-87(90)94-84-86(85-96-98(92,93)95-83-82-89(3,4)5)97-88(91)81-79-77-75-73-71-69-67-65-63-61-59-57-55-53-51-49-46-41-39-37-35-33-31-29-27-25-23-21-19-17-15-13-11-9-7-2/h8-11,14-17,20-23,26-29,32-35,39,41,49,51,55,57,61,63,67,69,86H,6-7,12-13,18-19,24-25,30-31,36-38,40,42-48,50,52-54,56,58-60,62,64-66,68,70-85H2,1-5H3/b10-8-,11-9-,16-14-,17-15-,22-20-,23-21-,28-26-,29-27-,34-32-,35-33-,41-39-,51-49-,57-55-,63-61-,69-67-. The van der Waals surface area contributed by atoms with E-state index in [2.05, 4.69) is 196 Å². The Bertz CT molecular complexity index is 2320. The van der Waals surface area contributed by atoms with Crippen molar-refractivity contribution < 1.29 is 42.1 Å². The molecule has 0 aromatic rings. The van der Waals surface area contributed by atoms with Crippen LogP contribution in [0.3, 0.4) is 0 Å². The van der Waals surface area contributed by atoms with E-state index in [4.69, 9.17) is 18.5 Å². The fourth-order valence-electron chi connectivity index (χ4n) is 10.5. The molecule has 0 fully saturated rings. The van der Waals surface area contributed by atoms with Crippen LogP contribution in [0.5, 0.6) is 0 Å². The monoisotopic (exact) mass is 1380 g/mol. The van der Waals surface area contributed by atoms with Crippen molar-refractivity contribution in [2.45, 2.75) is 315 Å². The van der Waals surface area contributed by atoms with Crippen LogP contribution in [0.4, 0.5) is 0 Å². The molecule has 0 aromatic carbocycles. The first kappa shape index (κ1) is 93.1. The van der Waals surface area contributed by atoms with Gasteiger partial charge in [-0.3, -0.25) is 14.2 Å². The van der Waals surface area contributed by atoms with Gasteiger partial charge in [0.1, 0.15) is 19.8 Å². The lowest BCUT2D eigenvalue weighted by atomic mass is 10.0. The van der Waals surface area contributed by atoms with Crippen molar-refractivity contribution in [2.24, 2.45) is 0 Å². The smallest absolute Gasteiger partial charge is 0.306 e. The van der Waals surface area contributed by atoms with Gasteiger partial charge >= 0.3 is 11.9 Å². The van der Waals surface area contributed by atoms with Crippen LogP contribution in [0, 0.1) is 0 Å². The van der Waals surface area contributed by atoms with Gasteiger partial charge in [-0.05, 0) is 135 Å². The molecule has 0 saturated heterocycles. The maximum atomic E-state index is 12.9. The highest BCUT2D eigenvalue weighted by molar-refractivity contribution is 7.45. The summed E-state index contributed by atoms with van der Waals surface area (Å²) in [6.07, 6.45) is 117. The third-order valence-corrected chi connectivity index (χ3v) is 17.4. The van der Waals surface area contributed by atoms with Crippen LogP contribution >= 0.6 is 7.82 Å². The van der Waals surface area contributed by atoms with Gasteiger partial charge in [0, 0.05) is 12.8 Å². The van der Waals surface area contributed by atoms with Crippen LogP contribution in [0.2, 0.25) is 0 Å². The number of phosphoric ester groups is 1. The van der Waals surface area contributed by atoms with Gasteiger partial charge in [-0.1, -0.05) is 344 Å². The lowest BCUT2D eigenvalue weighted by Crippen LogP contribution is -2.37. The average Bonchev–Trinajstić information content (AvgIpc) is 1.08. The zero-order valence-corrected chi connectivity index (χ0v) is 64.3. The highest BCUT2D eigenvalue weighted by Gasteiger charge is 2.22. The van der Waals surface area contributed by atoms with Gasteiger partial charge in [0.05, 0.1) is 27.7 Å². The largest absolute Gasteiger partial charge is 0.756 e. The zero-order valence-electron chi connectivity index (χ0n) is 63.4. The predicted octanol–water partition coefficient (Wildman–Crippen LogP) is 26.0. The number of likely N-dealkylation sites (N-methyl/N-ethyl adjacent to an activating group) is 1. The molecule has 556 valence electrons. The number of hydrogen-bond acceptors (Lipinski definition) is 8. The van der Waals surface area contributed by atoms with E-state index in [1.807, 2.05) is 21.1 Å². The third-order valence-electron chi connectivity index (χ3n) is 16.4. The van der Waals surface area contributed by atoms with Gasteiger partial charge in [0.15, 0.2) is 6.10 Å². The minimum Gasteiger partial charge on any atom is -0.756 e. The van der Waals surface area contributed by atoms with E-state index in [-0.39, 0.29) is 26.1 Å². The predicted molar refractivity (Wildman–Crippen MR) is 424 cm³/mol. The Morgan fingerprint density at radius 2 is 0.551 bits per heavy atom. The molecule has 0 aliphatic heterocycles. The van der Waals surface area contributed by atoms with Crippen molar-refractivity contribution in [1.29, 1.82) is 0 Å². The molecule has 0 spiro atoms. The summed E-state index contributed by atoms with van der Waals surface area (Å²) in [5.41, 5.74) is 0. The number of ether oxygens (including phenoxy) is 2. The topological polar surface area (TPSA) is 111 Å². The Kier molecular flexibility index (Phi) is 72.5. The Morgan fingerprint density at radius 3 is 0.816 bits per heavy atom. The second-order valence-corrected chi connectivity index (χ2v) is 28.4. The highest BCUT2D eigenvalue weighted by Crippen LogP contribution is 2.38. The number of carbonyl (C=O) groups is 2. The number of unbranched alkanes of at least 4 members (excludes halogenated alkanes) is 27. The van der Waals surface area contributed by atoms with Gasteiger partial charge in [0.2, 0.25) is 0 Å². The molecule has 0 rings (SSSR count). The first-order chi connectivity index (χ1) is 48.0. The van der Waals surface area contributed by atoms with Gasteiger partial charge in [-0.2, -0.15) is 0 Å². The maximum absolute atomic E-state index is 12.9. The van der Waals surface area contributed by atoms with Crippen LogP contribution < -0.4 is 4.89 Å². The van der Waals surface area contributed by atoms with E-state index < -0.39 is 32.5 Å². The molecule has 0 radical (unpaired) electrons. The lowest BCUT2D eigenvalue weighted by Gasteiger charge is -2.28. The summed E-state index contributed by atoms with van der Waals surface area (Å²) in [5, 5.41) is 0. The van der Waals surface area contributed by atoms with Crippen LogP contribution in [-0.4, -0.2) is 70.0 Å². The molecule has 0 saturated carbocycles. The summed E-state index contributed by atoms with van der Waals surface area (Å²) in [4.78, 5) is 38.2. The first-order valence-corrected chi connectivity index (χ1v) is 41.0. The second-order valence-electron chi connectivity index (χ2n) is 27.0. The zero-order chi connectivity index (χ0) is 71.1. The second kappa shape index (κ2) is 76.3. The summed E-state index contributed by atoms with van der Waals surface area (Å²) in [6, 6.07) is 0.